The van der Waals surface area contributed by atoms with Crippen LogP contribution >= 0.6 is 0 Å². The molecule has 0 atom stereocenters. The normalized spacial score (nSPS) is 12.5. The van der Waals surface area contributed by atoms with E-state index in [0.717, 1.165) is 30.7 Å². The van der Waals surface area contributed by atoms with E-state index < -0.39 is 33.3 Å². The van der Waals surface area contributed by atoms with Crippen molar-refractivity contribution in [2.45, 2.75) is 18.0 Å². The van der Waals surface area contributed by atoms with E-state index in [2.05, 4.69) is 19.9 Å². The predicted molar refractivity (Wildman–Crippen MR) is 108 cm³/mol. The Kier molecular flexibility index (Phi) is 5.39. The van der Waals surface area contributed by atoms with E-state index in [0.29, 0.717) is 6.07 Å². The van der Waals surface area contributed by atoms with Gasteiger partial charge in [-0.3, -0.25) is 9.97 Å². The second-order valence-electron chi connectivity index (χ2n) is 7.01. The van der Waals surface area contributed by atoms with Gasteiger partial charge >= 0.3 is 6.18 Å². The molecular weight excluding hydrogens is 469 g/mol. The highest BCUT2D eigenvalue weighted by atomic mass is 32.2. The summed E-state index contributed by atoms with van der Waals surface area (Å²) in [5.41, 5.74) is -1.48. The fraction of sp³-hybridized carbons (Fsp3) is 0.200. The van der Waals surface area contributed by atoms with Crippen LogP contribution in [0.2, 0.25) is 0 Å². The highest BCUT2D eigenvalue weighted by Crippen LogP contribution is 2.34. The highest BCUT2D eigenvalue weighted by molar-refractivity contribution is 7.91. The molecule has 4 rings (SSSR count). The molecule has 0 amide bonds. The Hall–Kier alpha value is -3.48. The topological polar surface area (TPSA) is 90.6 Å². The molecule has 0 aliphatic rings. The van der Waals surface area contributed by atoms with Crippen LogP contribution in [-0.4, -0.2) is 38.7 Å². The van der Waals surface area contributed by atoms with Gasteiger partial charge in [0.05, 0.1) is 34.1 Å². The van der Waals surface area contributed by atoms with Gasteiger partial charge in [-0.2, -0.15) is 13.2 Å². The summed E-state index contributed by atoms with van der Waals surface area (Å²) in [5, 5.41) is 0. The standard InChI is InChI=1S/C20H14F5N5O2S/c1-3-33(31,32)15-4-10(17-12(22)5-11(21)8-28-17)7-27-18(15)19-29-13-6-16(20(23,24)25)26-9-14(13)30(19)2/h4-9H,3H2,1-2H3. The van der Waals surface area contributed by atoms with Crippen LogP contribution in [0.15, 0.2) is 41.7 Å². The first-order chi connectivity index (χ1) is 15.4. The Balaban J connectivity index is 1.95. The number of hydrogen-bond donors (Lipinski definition) is 0. The van der Waals surface area contributed by atoms with Crippen molar-refractivity contribution >= 4 is 20.9 Å². The summed E-state index contributed by atoms with van der Waals surface area (Å²) in [6, 6.07) is 2.48. The molecule has 172 valence electrons. The monoisotopic (exact) mass is 483 g/mol. The number of sulfone groups is 1. The molecule has 0 N–H and O–H groups in total. The van der Waals surface area contributed by atoms with Gasteiger partial charge in [0.2, 0.25) is 0 Å². The van der Waals surface area contributed by atoms with Gasteiger partial charge in [-0.15, -0.1) is 0 Å². The lowest BCUT2D eigenvalue weighted by molar-refractivity contribution is -0.141. The average Bonchev–Trinajstić information content (AvgIpc) is 3.08. The number of pyridine rings is 3. The van der Waals surface area contributed by atoms with Crippen LogP contribution in [0.4, 0.5) is 22.0 Å². The largest absolute Gasteiger partial charge is 0.433 e. The van der Waals surface area contributed by atoms with Crippen molar-refractivity contribution in [3.05, 3.63) is 54.1 Å². The predicted octanol–water partition coefficient (Wildman–Crippen LogP) is 4.18. The van der Waals surface area contributed by atoms with Crippen molar-refractivity contribution in [3.63, 3.8) is 0 Å². The molecule has 0 bridgehead atoms. The van der Waals surface area contributed by atoms with Crippen molar-refractivity contribution in [3.8, 4) is 22.8 Å². The van der Waals surface area contributed by atoms with Crippen molar-refractivity contribution in [1.82, 2.24) is 24.5 Å². The average molecular weight is 483 g/mol. The number of fused-ring (bicyclic) bond motifs is 1. The molecule has 0 radical (unpaired) electrons. The minimum Gasteiger partial charge on any atom is -0.324 e. The number of nitrogens with zero attached hydrogens (tertiary/aromatic N) is 5. The molecule has 13 heteroatoms. The molecule has 4 heterocycles. The number of imidazole rings is 1. The molecule has 0 aromatic carbocycles. The van der Waals surface area contributed by atoms with Crippen LogP contribution in [0.5, 0.6) is 0 Å². The minimum atomic E-state index is -4.69. The summed E-state index contributed by atoms with van der Waals surface area (Å²) < 4.78 is 93.5. The van der Waals surface area contributed by atoms with E-state index in [4.69, 9.17) is 0 Å². The fourth-order valence-corrected chi connectivity index (χ4v) is 4.27. The maximum Gasteiger partial charge on any atom is 0.433 e. The van der Waals surface area contributed by atoms with Gasteiger partial charge in [-0.25, -0.2) is 27.2 Å². The molecule has 4 aromatic rings. The Morgan fingerprint density at radius 1 is 0.970 bits per heavy atom. The first-order valence-corrected chi connectivity index (χ1v) is 11.0. The van der Waals surface area contributed by atoms with Crippen molar-refractivity contribution in [2.75, 3.05) is 5.75 Å². The third-order valence-electron chi connectivity index (χ3n) is 4.92. The molecular formula is C20H14F5N5O2S. The SMILES string of the molecule is CCS(=O)(=O)c1cc(-c2ncc(F)cc2F)cnc1-c1nc2cc(C(F)(F)F)ncc2n1C. The van der Waals surface area contributed by atoms with E-state index in [1.165, 1.54) is 18.5 Å². The summed E-state index contributed by atoms with van der Waals surface area (Å²) >= 11 is 0. The van der Waals surface area contributed by atoms with Gasteiger partial charge in [0, 0.05) is 24.9 Å². The Bertz CT molecular complexity index is 1500. The van der Waals surface area contributed by atoms with Gasteiger partial charge in [0.1, 0.15) is 22.9 Å². The van der Waals surface area contributed by atoms with Crippen LogP contribution in [0.25, 0.3) is 33.8 Å². The molecule has 0 fully saturated rings. The van der Waals surface area contributed by atoms with E-state index in [1.54, 1.807) is 0 Å². The maximum absolute atomic E-state index is 14.2. The van der Waals surface area contributed by atoms with Crippen molar-refractivity contribution in [2.24, 2.45) is 7.05 Å². The van der Waals surface area contributed by atoms with E-state index in [-0.39, 0.29) is 44.5 Å². The Labute approximate surface area is 183 Å². The van der Waals surface area contributed by atoms with Crippen LogP contribution in [0.1, 0.15) is 12.6 Å². The van der Waals surface area contributed by atoms with E-state index in [1.807, 2.05) is 0 Å². The highest BCUT2D eigenvalue weighted by Gasteiger charge is 2.33. The van der Waals surface area contributed by atoms with Gasteiger partial charge in [0.15, 0.2) is 21.5 Å². The fourth-order valence-electron chi connectivity index (χ4n) is 3.22. The van der Waals surface area contributed by atoms with Crippen LogP contribution in [0.3, 0.4) is 0 Å². The molecule has 0 unspecified atom stereocenters. The second-order valence-corrected chi connectivity index (χ2v) is 9.26. The van der Waals surface area contributed by atoms with Crippen molar-refractivity contribution in [1.29, 1.82) is 0 Å². The van der Waals surface area contributed by atoms with Crippen LogP contribution in [0, 0.1) is 11.6 Å². The smallest absolute Gasteiger partial charge is 0.324 e. The number of aryl methyl sites for hydroxylation is 1. The van der Waals surface area contributed by atoms with Gasteiger partial charge in [0.25, 0.3) is 0 Å². The van der Waals surface area contributed by atoms with Gasteiger partial charge in [-0.1, -0.05) is 6.92 Å². The third-order valence-corrected chi connectivity index (χ3v) is 6.66. The number of aromatic nitrogens is 5. The zero-order chi connectivity index (χ0) is 24.1. The summed E-state index contributed by atoms with van der Waals surface area (Å²) in [6.45, 7) is 1.39. The minimum absolute atomic E-state index is 0.0249. The number of hydrogen-bond acceptors (Lipinski definition) is 6. The molecule has 4 aromatic heterocycles. The number of rotatable bonds is 4. The van der Waals surface area contributed by atoms with E-state index >= 15 is 0 Å². The Morgan fingerprint density at radius 3 is 2.30 bits per heavy atom. The maximum atomic E-state index is 14.2. The molecule has 7 nitrogen and oxygen atoms in total. The Morgan fingerprint density at radius 2 is 1.67 bits per heavy atom. The number of alkyl halides is 3. The molecule has 0 aliphatic carbocycles. The lowest BCUT2D eigenvalue weighted by Crippen LogP contribution is -2.09. The summed E-state index contributed by atoms with van der Waals surface area (Å²) in [4.78, 5) is 15.0. The van der Waals surface area contributed by atoms with Crippen molar-refractivity contribution < 1.29 is 30.4 Å². The first-order valence-electron chi connectivity index (χ1n) is 9.36. The lowest BCUT2D eigenvalue weighted by Gasteiger charge is -2.11. The quantitative estimate of drug-likeness (QED) is 0.405. The zero-order valence-electron chi connectivity index (χ0n) is 17.0. The molecule has 0 saturated carbocycles. The first kappa shape index (κ1) is 22.7. The lowest BCUT2D eigenvalue weighted by atomic mass is 10.1. The molecule has 33 heavy (non-hydrogen) atoms. The molecule has 0 spiro atoms. The van der Waals surface area contributed by atoms with Crippen LogP contribution < -0.4 is 0 Å². The number of halogens is 5. The molecule has 0 saturated heterocycles. The van der Waals surface area contributed by atoms with Crippen LogP contribution in [-0.2, 0) is 23.1 Å². The summed E-state index contributed by atoms with van der Waals surface area (Å²) in [7, 11) is -2.48. The van der Waals surface area contributed by atoms with Gasteiger partial charge in [-0.05, 0) is 12.1 Å². The summed E-state index contributed by atoms with van der Waals surface area (Å²) in [6.07, 6.45) is -1.80. The molecule has 0 aliphatic heterocycles. The zero-order valence-corrected chi connectivity index (χ0v) is 17.8. The van der Waals surface area contributed by atoms with E-state index in [9.17, 15) is 30.4 Å². The summed E-state index contributed by atoms with van der Waals surface area (Å²) in [5.74, 6) is -2.29. The second kappa shape index (κ2) is 7.83. The third kappa shape index (κ3) is 4.03. The van der Waals surface area contributed by atoms with Gasteiger partial charge < -0.3 is 4.57 Å².